The molecule has 0 N–H and O–H groups in total. The van der Waals surface area contributed by atoms with Crippen LogP contribution < -0.4 is 9.47 Å². The van der Waals surface area contributed by atoms with Crippen molar-refractivity contribution < 1.29 is 23.4 Å². The number of nitrogens with zero attached hydrogens (tertiary/aromatic N) is 1. The van der Waals surface area contributed by atoms with E-state index in [-0.39, 0.29) is 19.0 Å². The van der Waals surface area contributed by atoms with Gasteiger partial charge in [0, 0.05) is 15.6 Å². The Morgan fingerprint density at radius 1 is 1.14 bits per heavy atom. The Morgan fingerprint density at radius 3 is 2.61 bits per heavy atom. The van der Waals surface area contributed by atoms with Crippen molar-refractivity contribution in [1.82, 2.24) is 4.98 Å². The average molecular weight is 444 g/mol. The van der Waals surface area contributed by atoms with Crippen LogP contribution in [-0.4, -0.2) is 24.2 Å². The normalized spacial score (nSPS) is 12.6. The molecule has 0 aliphatic carbocycles. The number of ether oxygens (including phenoxy) is 3. The van der Waals surface area contributed by atoms with Crippen LogP contribution in [-0.2, 0) is 22.6 Å². The maximum absolute atomic E-state index is 12.3. The molecule has 4 rings (SSSR count). The first-order valence-electron chi connectivity index (χ1n) is 8.85. The number of aromatic nitrogens is 1. The molecule has 1 aliphatic rings. The highest BCUT2D eigenvalue weighted by Crippen LogP contribution is 2.35. The number of benzene rings is 2. The van der Waals surface area contributed by atoms with Gasteiger partial charge in [0.1, 0.15) is 25.6 Å². The molecule has 7 heteroatoms. The first kappa shape index (κ1) is 18.6. The van der Waals surface area contributed by atoms with Crippen molar-refractivity contribution in [2.24, 2.45) is 0 Å². The lowest BCUT2D eigenvalue weighted by atomic mass is 10.2. The number of fused-ring (bicyclic) bond motifs is 1. The van der Waals surface area contributed by atoms with Crippen LogP contribution in [0.3, 0.4) is 0 Å². The van der Waals surface area contributed by atoms with Gasteiger partial charge >= 0.3 is 5.97 Å². The van der Waals surface area contributed by atoms with Gasteiger partial charge in [-0.05, 0) is 31.2 Å². The van der Waals surface area contributed by atoms with Gasteiger partial charge in [0.05, 0.1) is 12.1 Å². The van der Waals surface area contributed by atoms with Gasteiger partial charge in [-0.3, -0.25) is 4.79 Å². The summed E-state index contributed by atoms with van der Waals surface area (Å²) in [5, 5.41) is 0. The van der Waals surface area contributed by atoms with Crippen LogP contribution >= 0.6 is 15.9 Å². The van der Waals surface area contributed by atoms with E-state index in [1.165, 1.54) is 0 Å². The van der Waals surface area contributed by atoms with E-state index in [2.05, 4.69) is 20.9 Å². The largest absolute Gasteiger partial charge is 0.486 e. The molecule has 0 fully saturated rings. The first-order chi connectivity index (χ1) is 13.6. The maximum atomic E-state index is 12.3. The molecule has 1 aromatic heterocycles. The molecule has 144 valence electrons. The van der Waals surface area contributed by atoms with Gasteiger partial charge in [0.2, 0.25) is 5.89 Å². The van der Waals surface area contributed by atoms with Gasteiger partial charge in [0.15, 0.2) is 11.5 Å². The molecular formula is C21H18BrNO5. The number of rotatable bonds is 5. The predicted octanol–water partition coefficient (Wildman–Crippen LogP) is 4.47. The fourth-order valence-corrected chi connectivity index (χ4v) is 3.30. The van der Waals surface area contributed by atoms with Crippen LogP contribution in [0.2, 0.25) is 0 Å². The number of carbonyl (C=O) groups is 1. The smallest absolute Gasteiger partial charge is 0.312 e. The molecule has 0 unspecified atom stereocenters. The molecule has 2 heterocycles. The number of halogens is 1. The van der Waals surface area contributed by atoms with E-state index in [0.29, 0.717) is 42.1 Å². The summed E-state index contributed by atoms with van der Waals surface area (Å²) in [6.07, 6.45) is 0.0460. The Balaban J connectivity index is 1.41. The molecule has 0 amide bonds. The van der Waals surface area contributed by atoms with Crippen LogP contribution in [0.5, 0.6) is 11.5 Å². The molecule has 2 aromatic carbocycles. The molecule has 0 radical (unpaired) electrons. The Bertz CT molecular complexity index is 1000. The van der Waals surface area contributed by atoms with E-state index in [4.69, 9.17) is 18.6 Å². The zero-order valence-electron chi connectivity index (χ0n) is 15.2. The number of aryl methyl sites for hydroxylation is 1. The first-order valence-corrected chi connectivity index (χ1v) is 9.65. The highest BCUT2D eigenvalue weighted by Gasteiger charge is 2.18. The Hall–Kier alpha value is -2.80. The fourth-order valence-electron chi connectivity index (χ4n) is 2.86. The highest BCUT2D eigenvalue weighted by atomic mass is 79.9. The minimum Gasteiger partial charge on any atom is -0.486 e. The summed E-state index contributed by atoms with van der Waals surface area (Å²) in [5.74, 6) is 2.06. The summed E-state index contributed by atoms with van der Waals surface area (Å²) < 4.78 is 23.0. The second-order valence-corrected chi connectivity index (χ2v) is 7.17. The Labute approximate surface area is 170 Å². The van der Waals surface area contributed by atoms with E-state index in [9.17, 15) is 4.79 Å². The van der Waals surface area contributed by atoms with Crippen molar-refractivity contribution >= 4 is 21.9 Å². The van der Waals surface area contributed by atoms with E-state index in [1.54, 1.807) is 6.92 Å². The SMILES string of the molecule is Cc1oc(-c2ccccc2)nc1CC(=O)OCc1cc2c(cc1Br)OCCO2. The van der Waals surface area contributed by atoms with Gasteiger partial charge in [-0.1, -0.05) is 34.1 Å². The molecule has 0 saturated carbocycles. The standard InChI is InChI=1S/C21H18BrNO5/c1-13-17(23-21(28-13)14-5-3-2-4-6-14)11-20(24)27-12-15-9-18-19(10-16(15)22)26-8-7-25-18/h2-6,9-10H,7-8,11-12H2,1H3. The Morgan fingerprint density at radius 2 is 1.86 bits per heavy atom. The lowest BCUT2D eigenvalue weighted by Gasteiger charge is -2.19. The van der Waals surface area contributed by atoms with Crippen LogP contribution in [0.15, 0.2) is 51.4 Å². The second-order valence-electron chi connectivity index (χ2n) is 6.31. The summed E-state index contributed by atoms with van der Waals surface area (Å²) in [6, 6.07) is 13.2. The van der Waals surface area contributed by atoms with E-state index < -0.39 is 0 Å². The number of oxazole rings is 1. The zero-order valence-corrected chi connectivity index (χ0v) is 16.8. The third-order valence-electron chi connectivity index (χ3n) is 4.33. The van der Waals surface area contributed by atoms with E-state index in [0.717, 1.165) is 15.6 Å². The monoisotopic (exact) mass is 443 g/mol. The predicted molar refractivity (Wildman–Crippen MR) is 105 cm³/mol. The summed E-state index contributed by atoms with van der Waals surface area (Å²) in [6.45, 7) is 2.94. The molecule has 3 aromatic rings. The average Bonchev–Trinajstić information content (AvgIpc) is 3.07. The number of esters is 1. The maximum Gasteiger partial charge on any atom is 0.312 e. The summed E-state index contributed by atoms with van der Waals surface area (Å²) in [4.78, 5) is 16.7. The fraction of sp³-hybridized carbons (Fsp3) is 0.238. The van der Waals surface area contributed by atoms with Gasteiger partial charge in [-0.2, -0.15) is 0 Å². The van der Waals surface area contributed by atoms with Crippen LogP contribution in [0.4, 0.5) is 0 Å². The van der Waals surface area contributed by atoms with E-state index in [1.807, 2.05) is 42.5 Å². The third kappa shape index (κ3) is 4.04. The molecule has 0 atom stereocenters. The van der Waals surface area contributed by atoms with Gasteiger partial charge in [0.25, 0.3) is 0 Å². The number of hydrogen-bond donors (Lipinski definition) is 0. The molecule has 0 saturated heterocycles. The van der Waals surface area contributed by atoms with Gasteiger partial charge < -0.3 is 18.6 Å². The second kappa shape index (κ2) is 8.06. The molecular weight excluding hydrogens is 426 g/mol. The minimum atomic E-state index is -0.377. The molecule has 28 heavy (non-hydrogen) atoms. The molecule has 1 aliphatic heterocycles. The molecule has 6 nitrogen and oxygen atoms in total. The van der Waals surface area contributed by atoms with E-state index >= 15 is 0 Å². The van der Waals surface area contributed by atoms with Crippen molar-refractivity contribution in [2.75, 3.05) is 13.2 Å². The molecule has 0 bridgehead atoms. The molecule has 0 spiro atoms. The number of hydrogen-bond acceptors (Lipinski definition) is 6. The van der Waals surface area contributed by atoms with Crippen LogP contribution in [0.25, 0.3) is 11.5 Å². The highest BCUT2D eigenvalue weighted by molar-refractivity contribution is 9.10. The lowest BCUT2D eigenvalue weighted by molar-refractivity contribution is -0.144. The lowest BCUT2D eigenvalue weighted by Crippen LogP contribution is -2.16. The quantitative estimate of drug-likeness (QED) is 0.541. The minimum absolute atomic E-state index is 0.0460. The van der Waals surface area contributed by atoms with Crippen LogP contribution in [0, 0.1) is 6.92 Å². The van der Waals surface area contributed by atoms with Crippen molar-refractivity contribution in [3.63, 3.8) is 0 Å². The summed E-state index contributed by atoms with van der Waals surface area (Å²) in [7, 11) is 0. The summed E-state index contributed by atoms with van der Waals surface area (Å²) in [5.41, 5.74) is 2.25. The van der Waals surface area contributed by atoms with Crippen molar-refractivity contribution in [3.8, 4) is 23.0 Å². The van der Waals surface area contributed by atoms with Crippen molar-refractivity contribution in [3.05, 3.63) is 64.0 Å². The van der Waals surface area contributed by atoms with Crippen molar-refractivity contribution in [2.45, 2.75) is 20.0 Å². The van der Waals surface area contributed by atoms with Gasteiger partial charge in [-0.25, -0.2) is 4.98 Å². The summed E-state index contributed by atoms with van der Waals surface area (Å²) >= 11 is 3.48. The number of carbonyl (C=O) groups excluding carboxylic acids is 1. The Kier molecular flexibility index (Phi) is 5.34. The van der Waals surface area contributed by atoms with Crippen LogP contribution in [0.1, 0.15) is 17.0 Å². The zero-order chi connectivity index (χ0) is 19.5. The van der Waals surface area contributed by atoms with Crippen molar-refractivity contribution in [1.29, 1.82) is 0 Å². The topological polar surface area (TPSA) is 70.8 Å². The third-order valence-corrected chi connectivity index (χ3v) is 5.06. The van der Waals surface area contributed by atoms with Gasteiger partial charge in [-0.15, -0.1) is 0 Å².